The average Bonchev–Trinajstić information content (AvgIpc) is 2.95. The molecule has 0 radical (unpaired) electrons. The lowest BCUT2D eigenvalue weighted by Crippen LogP contribution is -2.32. The van der Waals surface area contributed by atoms with Crippen LogP contribution in [0.15, 0.2) is 34.3 Å². The minimum absolute atomic E-state index is 0.315. The van der Waals surface area contributed by atoms with Gasteiger partial charge in [0.05, 0.1) is 5.56 Å². The second-order valence-electron chi connectivity index (χ2n) is 3.71. The van der Waals surface area contributed by atoms with Crippen LogP contribution in [0.2, 0.25) is 0 Å². The molecule has 1 unspecified atom stereocenters. The number of thiophene rings is 1. The van der Waals surface area contributed by atoms with Crippen LogP contribution in [-0.2, 0) is 4.79 Å². The van der Waals surface area contributed by atoms with Crippen LogP contribution in [0.4, 0.5) is 0 Å². The van der Waals surface area contributed by atoms with Crippen molar-refractivity contribution in [2.75, 3.05) is 0 Å². The smallest absolute Gasteiger partial charge is 0.331 e. The van der Waals surface area contributed by atoms with Crippen molar-refractivity contribution >= 4 is 23.2 Å². The van der Waals surface area contributed by atoms with Gasteiger partial charge in [-0.05, 0) is 24.4 Å². The predicted molar refractivity (Wildman–Crippen MR) is 65.6 cm³/mol. The first kappa shape index (κ1) is 12.4. The molecule has 6 heteroatoms. The lowest BCUT2D eigenvalue weighted by atomic mass is 10.2. The number of carboxylic acids is 1. The predicted octanol–water partition coefficient (Wildman–Crippen LogP) is 2.21. The van der Waals surface area contributed by atoms with Gasteiger partial charge in [-0.15, -0.1) is 11.3 Å². The standard InChI is InChI=1S/C12H11NO4S/c1-7-5-8(6-17-7)11(14)13-10(12(15)16)9-3-2-4-18-9/h2-6,10H,1H3,(H,13,14)(H,15,16). The molecular formula is C12H11NO4S. The van der Waals surface area contributed by atoms with E-state index in [-0.39, 0.29) is 0 Å². The number of aryl methyl sites for hydroxylation is 1. The molecule has 0 aliphatic carbocycles. The summed E-state index contributed by atoms with van der Waals surface area (Å²) in [5, 5.41) is 13.3. The highest BCUT2D eigenvalue weighted by molar-refractivity contribution is 7.10. The summed E-state index contributed by atoms with van der Waals surface area (Å²) < 4.78 is 5.01. The highest BCUT2D eigenvalue weighted by Crippen LogP contribution is 2.20. The molecule has 18 heavy (non-hydrogen) atoms. The van der Waals surface area contributed by atoms with Gasteiger partial charge in [0.2, 0.25) is 0 Å². The summed E-state index contributed by atoms with van der Waals surface area (Å²) >= 11 is 1.28. The Morgan fingerprint density at radius 3 is 2.78 bits per heavy atom. The molecule has 0 fully saturated rings. The molecule has 94 valence electrons. The van der Waals surface area contributed by atoms with E-state index in [4.69, 9.17) is 9.52 Å². The maximum Gasteiger partial charge on any atom is 0.331 e. The van der Waals surface area contributed by atoms with E-state index in [0.717, 1.165) is 0 Å². The summed E-state index contributed by atoms with van der Waals surface area (Å²) in [7, 11) is 0. The molecule has 0 aromatic carbocycles. The number of rotatable bonds is 4. The molecule has 0 aliphatic heterocycles. The van der Waals surface area contributed by atoms with E-state index in [1.807, 2.05) is 0 Å². The lowest BCUT2D eigenvalue weighted by Gasteiger charge is -2.11. The monoisotopic (exact) mass is 265 g/mol. The highest BCUT2D eigenvalue weighted by Gasteiger charge is 2.24. The Morgan fingerprint density at radius 2 is 2.28 bits per heavy atom. The van der Waals surface area contributed by atoms with Crippen molar-refractivity contribution in [2.24, 2.45) is 0 Å². The zero-order valence-electron chi connectivity index (χ0n) is 9.54. The number of amides is 1. The van der Waals surface area contributed by atoms with Gasteiger partial charge in [0.15, 0.2) is 6.04 Å². The number of hydrogen-bond acceptors (Lipinski definition) is 4. The molecule has 0 bridgehead atoms. The molecule has 0 saturated heterocycles. The molecule has 0 spiro atoms. The van der Waals surface area contributed by atoms with Crippen LogP contribution >= 0.6 is 11.3 Å². The first-order valence-electron chi connectivity index (χ1n) is 5.20. The van der Waals surface area contributed by atoms with Gasteiger partial charge in [-0.3, -0.25) is 4.79 Å². The van der Waals surface area contributed by atoms with Gasteiger partial charge in [0, 0.05) is 4.88 Å². The molecule has 1 atom stereocenters. The number of hydrogen-bond donors (Lipinski definition) is 2. The zero-order chi connectivity index (χ0) is 13.1. The van der Waals surface area contributed by atoms with Gasteiger partial charge < -0.3 is 14.8 Å². The normalized spacial score (nSPS) is 12.1. The fourth-order valence-corrected chi connectivity index (χ4v) is 2.25. The Kier molecular flexibility index (Phi) is 3.47. The fraction of sp³-hybridized carbons (Fsp3) is 0.167. The van der Waals surface area contributed by atoms with Crippen LogP contribution in [0.25, 0.3) is 0 Å². The highest BCUT2D eigenvalue weighted by atomic mass is 32.1. The first-order chi connectivity index (χ1) is 8.58. The average molecular weight is 265 g/mol. The number of carboxylic acid groups (broad SMARTS) is 1. The maximum absolute atomic E-state index is 11.8. The van der Waals surface area contributed by atoms with Crippen molar-refractivity contribution in [1.29, 1.82) is 0 Å². The van der Waals surface area contributed by atoms with E-state index in [1.54, 1.807) is 30.5 Å². The Labute approximate surface area is 107 Å². The maximum atomic E-state index is 11.8. The van der Waals surface area contributed by atoms with E-state index in [1.165, 1.54) is 17.6 Å². The van der Waals surface area contributed by atoms with E-state index in [9.17, 15) is 9.59 Å². The molecule has 0 aliphatic rings. The minimum atomic E-state index is -1.09. The summed E-state index contributed by atoms with van der Waals surface area (Å²) in [4.78, 5) is 23.6. The van der Waals surface area contributed by atoms with Crippen LogP contribution in [0, 0.1) is 6.92 Å². The Bertz CT molecular complexity index is 558. The van der Waals surface area contributed by atoms with E-state index in [0.29, 0.717) is 16.2 Å². The minimum Gasteiger partial charge on any atom is -0.479 e. The van der Waals surface area contributed by atoms with Crippen molar-refractivity contribution in [3.05, 3.63) is 46.0 Å². The quantitative estimate of drug-likeness (QED) is 0.888. The molecule has 2 N–H and O–H groups in total. The Morgan fingerprint density at radius 1 is 1.50 bits per heavy atom. The van der Waals surface area contributed by atoms with Crippen molar-refractivity contribution in [3.8, 4) is 0 Å². The topological polar surface area (TPSA) is 79.5 Å². The van der Waals surface area contributed by atoms with Crippen LogP contribution < -0.4 is 5.32 Å². The third-order valence-electron chi connectivity index (χ3n) is 2.34. The molecule has 2 aromatic rings. The molecule has 2 heterocycles. The third-order valence-corrected chi connectivity index (χ3v) is 3.28. The van der Waals surface area contributed by atoms with E-state index >= 15 is 0 Å². The van der Waals surface area contributed by atoms with Gasteiger partial charge in [-0.1, -0.05) is 6.07 Å². The van der Waals surface area contributed by atoms with Crippen LogP contribution in [0.1, 0.15) is 27.0 Å². The van der Waals surface area contributed by atoms with Crippen molar-refractivity contribution in [2.45, 2.75) is 13.0 Å². The number of carbonyl (C=O) groups is 2. The van der Waals surface area contributed by atoms with Crippen LogP contribution in [-0.4, -0.2) is 17.0 Å². The zero-order valence-corrected chi connectivity index (χ0v) is 10.4. The third kappa shape index (κ3) is 2.60. The molecule has 1 amide bonds. The van der Waals surface area contributed by atoms with Crippen molar-refractivity contribution in [1.82, 2.24) is 5.32 Å². The van der Waals surface area contributed by atoms with Crippen molar-refractivity contribution < 1.29 is 19.1 Å². The van der Waals surface area contributed by atoms with E-state index < -0.39 is 17.9 Å². The summed E-state index contributed by atoms with van der Waals surface area (Å²) in [6.45, 7) is 1.71. The van der Waals surface area contributed by atoms with Gasteiger partial charge >= 0.3 is 5.97 Å². The molecule has 2 rings (SSSR count). The van der Waals surface area contributed by atoms with Gasteiger partial charge in [0.25, 0.3) is 5.91 Å². The Hall–Kier alpha value is -2.08. The second-order valence-corrected chi connectivity index (χ2v) is 4.69. The number of aliphatic carboxylic acids is 1. The van der Waals surface area contributed by atoms with E-state index in [2.05, 4.69) is 5.32 Å². The molecular weight excluding hydrogens is 254 g/mol. The summed E-state index contributed by atoms with van der Waals surface area (Å²) in [5.41, 5.74) is 0.315. The second kappa shape index (κ2) is 5.05. The van der Waals surface area contributed by atoms with Crippen molar-refractivity contribution in [3.63, 3.8) is 0 Å². The summed E-state index contributed by atoms with van der Waals surface area (Å²) in [5.74, 6) is -0.957. The van der Waals surface area contributed by atoms with Crippen LogP contribution in [0.3, 0.4) is 0 Å². The number of nitrogens with one attached hydrogen (secondary N) is 1. The Balaban J connectivity index is 2.15. The summed E-state index contributed by atoms with van der Waals surface area (Å²) in [6, 6.07) is 3.93. The van der Waals surface area contributed by atoms with Gasteiger partial charge in [0.1, 0.15) is 12.0 Å². The molecule has 2 aromatic heterocycles. The fourth-order valence-electron chi connectivity index (χ4n) is 1.49. The largest absolute Gasteiger partial charge is 0.479 e. The van der Waals surface area contributed by atoms with Crippen LogP contribution in [0.5, 0.6) is 0 Å². The lowest BCUT2D eigenvalue weighted by molar-refractivity contribution is -0.139. The van der Waals surface area contributed by atoms with Gasteiger partial charge in [-0.25, -0.2) is 4.79 Å². The molecule has 5 nitrogen and oxygen atoms in total. The first-order valence-corrected chi connectivity index (χ1v) is 6.08. The number of furan rings is 1. The summed E-state index contributed by atoms with van der Waals surface area (Å²) in [6.07, 6.45) is 1.30. The number of carbonyl (C=O) groups excluding carboxylic acids is 1. The van der Waals surface area contributed by atoms with Gasteiger partial charge in [-0.2, -0.15) is 0 Å². The SMILES string of the molecule is Cc1cc(C(=O)NC(C(=O)O)c2cccs2)co1. The molecule has 0 saturated carbocycles.